The molecule has 0 rings (SSSR count). The number of hydrogen-bond acceptors (Lipinski definition) is 5. The van der Waals surface area contributed by atoms with Crippen molar-refractivity contribution in [2.24, 2.45) is 5.73 Å². The minimum absolute atomic E-state index is 0.0160. The van der Waals surface area contributed by atoms with E-state index in [0.717, 1.165) is 70.6 Å². The first kappa shape index (κ1) is 57.9. The summed E-state index contributed by atoms with van der Waals surface area (Å²) in [5.41, 5.74) is 5.50. The van der Waals surface area contributed by atoms with Crippen LogP contribution in [0.25, 0.3) is 0 Å². The Morgan fingerprint density at radius 1 is 0.467 bits per heavy atom. The summed E-state index contributed by atoms with van der Waals surface area (Å²) in [7, 11) is 0. The molecular formula is C53H100N2O5. The van der Waals surface area contributed by atoms with Crippen LogP contribution in [0.3, 0.4) is 0 Å². The Hall–Kier alpha value is -2.15. The molecule has 1 amide bonds. The first-order valence-corrected chi connectivity index (χ1v) is 26.2. The monoisotopic (exact) mass is 845 g/mol. The number of ether oxygens (including phenoxy) is 1. The summed E-state index contributed by atoms with van der Waals surface area (Å²) < 4.78 is 6.06. The van der Waals surface area contributed by atoms with E-state index in [9.17, 15) is 19.5 Å². The normalized spacial score (nSPS) is 12.7. The van der Waals surface area contributed by atoms with Gasteiger partial charge < -0.3 is 20.9 Å². The fraction of sp³-hybridized carbons (Fsp3) is 0.868. The minimum Gasteiger partial charge on any atom is -0.480 e. The first-order chi connectivity index (χ1) is 29.4. The number of unbranched alkanes of at least 4 members (excludes halogenated alkanes) is 30. The third-order valence-corrected chi connectivity index (χ3v) is 12.0. The molecule has 0 saturated heterocycles. The average Bonchev–Trinajstić information content (AvgIpc) is 3.23. The molecule has 352 valence electrons. The zero-order chi connectivity index (χ0) is 43.8. The van der Waals surface area contributed by atoms with Crippen LogP contribution in [-0.2, 0) is 19.1 Å². The summed E-state index contributed by atoms with van der Waals surface area (Å²) in [4.78, 5) is 36.5. The van der Waals surface area contributed by atoms with Crippen molar-refractivity contribution in [2.75, 3.05) is 6.54 Å². The number of nitrogens with two attached hydrogens (primary N) is 1. The molecular weight excluding hydrogens is 745 g/mol. The van der Waals surface area contributed by atoms with Crippen molar-refractivity contribution in [2.45, 2.75) is 289 Å². The van der Waals surface area contributed by atoms with Gasteiger partial charge in [-0.1, -0.05) is 192 Å². The van der Waals surface area contributed by atoms with Crippen molar-refractivity contribution < 1.29 is 24.2 Å². The van der Waals surface area contributed by atoms with Crippen molar-refractivity contribution in [3.05, 3.63) is 24.3 Å². The lowest BCUT2D eigenvalue weighted by Gasteiger charge is -2.18. The van der Waals surface area contributed by atoms with Gasteiger partial charge in [-0.2, -0.15) is 0 Å². The number of allylic oxidation sites excluding steroid dienone is 4. The summed E-state index contributed by atoms with van der Waals surface area (Å²) in [6, 6.07) is -0.858. The van der Waals surface area contributed by atoms with E-state index in [1.54, 1.807) is 0 Å². The molecule has 0 fully saturated rings. The Morgan fingerprint density at radius 2 is 0.833 bits per heavy atom. The second-order valence-corrected chi connectivity index (χ2v) is 17.9. The number of rotatable bonds is 48. The topological polar surface area (TPSA) is 119 Å². The van der Waals surface area contributed by atoms with Gasteiger partial charge in [0.25, 0.3) is 0 Å². The van der Waals surface area contributed by atoms with E-state index in [0.29, 0.717) is 32.2 Å². The molecule has 0 spiro atoms. The molecule has 60 heavy (non-hydrogen) atoms. The van der Waals surface area contributed by atoms with E-state index in [-0.39, 0.29) is 18.0 Å². The summed E-state index contributed by atoms with van der Waals surface area (Å²) in [6.07, 6.45) is 56.8. The van der Waals surface area contributed by atoms with Crippen LogP contribution in [0.4, 0.5) is 0 Å². The fourth-order valence-electron chi connectivity index (χ4n) is 8.04. The summed E-state index contributed by atoms with van der Waals surface area (Å²) in [5.74, 6) is -1.24. The predicted molar refractivity (Wildman–Crippen MR) is 257 cm³/mol. The van der Waals surface area contributed by atoms with Gasteiger partial charge in [0.15, 0.2) is 0 Å². The van der Waals surface area contributed by atoms with Gasteiger partial charge >= 0.3 is 11.9 Å². The van der Waals surface area contributed by atoms with Crippen LogP contribution in [0.1, 0.15) is 277 Å². The van der Waals surface area contributed by atoms with Crippen molar-refractivity contribution in [3.63, 3.8) is 0 Å². The maximum absolute atomic E-state index is 12.9. The summed E-state index contributed by atoms with van der Waals surface area (Å²) in [6.45, 7) is 4.96. The molecule has 0 aromatic heterocycles. The van der Waals surface area contributed by atoms with Crippen LogP contribution < -0.4 is 11.1 Å². The molecule has 0 bridgehead atoms. The second kappa shape index (κ2) is 47.9. The standard InChI is InChI=1S/C53H100N2O5/c1-3-5-7-9-11-13-15-16-17-18-19-20-21-22-23-24-25-26-28-30-32-37-41-47-52(57)60-49(43-38-34-31-29-27-14-12-10-8-6-4-2)44-39-35-33-36-40-46-51(56)55-50(53(58)59)45-42-48-54/h18-19,29,31,49-50H,3-17,20-28,30,32-48,54H2,1-2H3,(H,55,56)(H,58,59)/b19-18-,31-29-. The molecule has 4 N–H and O–H groups in total. The van der Waals surface area contributed by atoms with Gasteiger partial charge in [0.05, 0.1) is 0 Å². The van der Waals surface area contributed by atoms with E-state index in [1.807, 2.05) is 0 Å². The lowest BCUT2D eigenvalue weighted by Crippen LogP contribution is -2.40. The Bertz CT molecular complexity index is 998. The van der Waals surface area contributed by atoms with E-state index in [4.69, 9.17) is 10.5 Å². The lowest BCUT2D eigenvalue weighted by molar-refractivity contribution is -0.150. The maximum atomic E-state index is 12.9. The molecule has 0 aliphatic carbocycles. The van der Waals surface area contributed by atoms with E-state index < -0.39 is 12.0 Å². The number of nitrogens with one attached hydrogen (secondary N) is 1. The highest BCUT2D eigenvalue weighted by atomic mass is 16.5. The number of carboxylic acids is 1. The number of carbonyl (C=O) groups excluding carboxylic acids is 2. The average molecular weight is 845 g/mol. The van der Waals surface area contributed by atoms with Crippen molar-refractivity contribution >= 4 is 17.8 Å². The molecule has 0 radical (unpaired) electrons. The van der Waals surface area contributed by atoms with Crippen molar-refractivity contribution in [1.29, 1.82) is 0 Å². The van der Waals surface area contributed by atoms with Gasteiger partial charge in [0.1, 0.15) is 12.1 Å². The highest BCUT2D eigenvalue weighted by Crippen LogP contribution is 2.19. The van der Waals surface area contributed by atoms with Gasteiger partial charge in [0.2, 0.25) is 5.91 Å². The number of amides is 1. The van der Waals surface area contributed by atoms with Gasteiger partial charge in [-0.05, 0) is 103 Å². The van der Waals surface area contributed by atoms with Crippen molar-refractivity contribution in [3.8, 4) is 0 Å². The molecule has 7 heteroatoms. The molecule has 0 aromatic carbocycles. The Morgan fingerprint density at radius 3 is 1.27 bits per heavy atom. The highest BCUT2D eigenvalue weighted by molar-refractivity contribution is 5.83. The van der Waals surface area contributed by atoms with Crippen LogP contribution in [0.5, 0.6) is 0 Å². The second-order valence-electron chi connectivity index (χ2n) is 17.9. The van der Waals surface area contributed by atoms with Crippen LogP contribution in [-0.4, -0.2) is 41.6 Å². The van der Waals surface area contributed by atoms with Gasteiger partial charge in [0, 0.05) is 12.8 Å². The Kier molecular flexibility index (Phi) is 46.2. The molecule has 0 aliphatic heterocycles. The molecule has 2 atom stereocenters. The van der Waals surface area contributed by atoms with Crippen LogP contribution in [0.15, 0.2) is 24.3 Å². The third kappa shape index (κ3) is 43.9. The zero-order valence-electron chi connectivity index (χ0n) is 39.8. The molecule has 2 unspecified atom stereocenters. The zero-order valence-corrected chi connectivity index (χ0v) is 39.8. The predicted octanol–water partition coefficient (Wildman–Crippen LogP) is 15.6. The largest absolute Gasteiger partial charge is 0.480 e. The summed E-state index contributed by atoms with van der Waals surface area (Å²) in [5, 5.41) is 12.0. The van der Waals surface area contributed by atoms with Gasteiger partial charge in [-0.25, -0.2) is 4.79 Å². The maximum Gasteiger partial charge on any atom is 0.326 e. The quantitative estimate of drug-likeness (QED) is 0.0319. The highest BCUT2D eigenvalue weighted by Gasteiger charge is 2.19. The molecule has 0 heterocycles. The smallest absolute Gasteiger partial charge is 0.326 e. The van der Waals surface area contributed by atoms with Gasteiger partial charge in [-0.3, -0.25) is 9.59 Å². The van der Waals surface area contributed by atoms with E-state index in [2.05, 4.69) is 43.5 Å². The molecule has 0 aromatic rings. The minimum atomic E-state index is -1.00. The molecule has 7 nitrogen and oxygen atoms in total. The van der Waals surface area contributed by atoms with Crippen molar-refractivity contribution in [1.82, 2.24) is 5.32 Å². The summed E-state index contributed by atoms with van der Waals surface area (Å²) >= 11 is 0. The Labute approximate surface area is 372 Å². The molecule has 0 saturated carbocycles. The number of carbonyl (C=O) groups is 3. The number of esters is 1. The SMILES string of the molecule is CCCCCCCC/C=C\CCCC(CCCCCCCC(=O)NC(CCCN)C(=O)O)OC(=O)CCCCCCCCCCCCC/C=C\CCCCCCCCCC. The number of carboxylic acid groups (broad SMARTS) is 1. The third-order valence-electron chi connectivity index (χ3n) is 12.0. The fourth-order valence-corrected chi connectivity index (χ4v) is 8.04. The van der Waals surface area contributed by atoms with E-state index in [1.165, 1.54) is 167 Å². The van der Waals surface area contributed by atoms with Crippen LogP contribution >= 0.6 is 0 Å². The molecule has 0 aliphatic rings. The van der Waals surface area contributed by atoms with E-state index >= 15 is 0 Å². The Balaban J connectivity index is 4.15. The number of hydrogen-bond donors (Lipinski definition) is 3. The number of aliphatic carboxylic acids is 1. The lowest BCUT2D eigenvalue weighted by atomic mass is 10.0. The van der Waals surface area contributed by atoms with Gasteiger partial charge in [-0.15, -0.1) is 0 Å². The van der Waals surface area contributed by atoms with Crippen LogP contribution in [0, 0.1) is 0 Å². The first-order valence-electron chi connectivity index (χ1n) is 26.2. The van der Waals surface area contributed by atoms with Crippen LogP contribution in [0.2, 0.25) is 0 Å².